The molecule has 3 rings (SSSR count). The molecule has 9 heteroatoms. The molecule has 1 heterocycles. The molecule has 0 saturated heterocycles. The number of ether oxygens (including phenoxy) is 1. The number of carbonyl (C=O) groups is 2. The third-order valence-electron chi connectivity index (χ3n) is 4.16. The summed E-state index contributed by atoms with van der Waals surface area (Å²) in [4.78, 5) is 21.2. The van der Waals surface area contributed by atoms with E-state index in [2.05, 4.69) is 9.84 Å². The van der Waals surface area contributed by atoms with Crippen LogP contribution in [0.2, 0.25) is 10.0 Å². The number of hydrogen-bond donors (Lipinski definition) is 2. The number of amides is 2. The Balaban J connectivity index is 0.000000366. The lowest BCUT2D eigenvalue weighted by atomic mass is 10.1. The molecule has 0 radical (unpaired) electrons. The van der Waals surface area contributed by atoms with Gasteiger partial charge in [0.1, 0.15) is 5.60 Å². The molecule has 3 aromatic rings. The van der Waals surface area contributed by atoms with Gasteiger partial charge in [-0.2, -0.15) is 5.10 Å². The number of fused-ring (bicyclic) bond motifs is 1. The molecule has 0 spiro atoms. The second-order valence-corrected chi connectivity index (χ2v) is 8.79. The van der Waals surface area contributed by atoms with Crippen LogP contribution in [-0.4, -0.2) is 27.4 Å². The zero-order valence-corrected chi connectivity index (χ0v) is 19.4. The van der Waals surface area contributed by atoms with Crippen molar-refractivity contribution in [1.82, 2.24) is 9.78 Å². The van der Waals surface area contributed by atoms with Gasteiger partial charge < -0.3 is 16.2 Å². The van der Waals surface area contributed by atoms with Crippen molar-refractivity contribution in [3.63, 3.8) is 0 Å². The van der Waals surface area contributed by atoms with Crippen molar-refractivity contribution in [3.05, 3.63) is 63.3 Å². The van der Waals surface area contributed by atoms with Gasteiger partial charge in [-0.1, -0.05) is 41.4 Å². The Hall–Kier alpha value is -2.77. The summed E-state index contributed by atoms with van der Waals surface area (Å²) >= 11 is 12.5. The van der Waals surface area contributed by atoms with Gasteiger partial charge in [0, 0.05) is 21.0 Å². The Kier molecular flexibility index (Phi) is 7.92. The average Bonchev–Trinajstić information content (AvgIpc) is 2.91. The SMILES string of the molecule is CC(C)(C)OC(N)=O.Cc1nn(Cc2c(Cl)cccc2Cl)c2cc(CC(N)=O)ccc12. The monoisotopic (exact) mass is 464 g/mol. The van der Waals surface area contributed by atoms with E-state index in [4.69, 9.17) is 34.7 Å². The number of rotatable bonds is 4. The minimum Gasteiger partial charge on any atom is -0.444 e. The van der Waals surface area contributed by atoms with E-state index in [0.717, 1.165) is 27.7 Å². The van der Waals surface area contributed by atoms with E-state index in [9.17, 15) is 9.59 Å². The number of aromatic nitrogens is 2. The Labute approximate surface area is 191 Å². The van der Waals surface area contributed by atoms with Crippen LogP contribution in [0.4, 0.5) is 4.79 Å². The number of aryl methyl sites for hydroxylation is 1. The topological polar surface area (TPSA) is 113 Å². The summed E-state index contributed by atoms with van der Waals surface area (Å²) in [6.07, 6.45) is -0.523. The van der Waals surface area contributed by atoms with Crippen molar-refractivity contribution in [1.29, 1.82) is 0 Å². The Morgan fingerprint density at radius 3 is 2.19 bits per heavy atom. The Morgan fingerprint density at radius 1 is 1.10 bits per heavy atom. The fourth-order valence-corrected chi connectivity index (χ4v) is 3.47. The van der Waals surface area contributed by atoms with Crippen LogP contribution in [0.5, 0.6) is 0 Å². The molecule has 7 nitrogen and oxygen atoms in total. The number of nitrogens with two attached hydrogens (primary N) is 2. The first-order chi connectivity index (χ1) is 14.4. The van der Waals surface area contributed by atoms with Gasteiger partial charge in [-0.25, -0.2) is 4.79 Å². The van der Waals surface area contributed by atoms with Crippen LogP contribution in [0, 0.1) is 6.92 Å². The molecule has 0 bridgehead atoms. The molecule has 0 unspecified atom stereocenters. The van der Waals surface area contributed by atoms with Crippen LogP contribution in [0.25, 0.3) is 10.9 Å². The third-order valence-corrected chi connectivity index (χ3v) is 4.86. The fourth-order valence-electron chi connectivity index (χ4n) is 2.95. The van der Waals surface area contributed by atoms with Gasteiger partial charge in [0.15, 0.2) is 0 Å². The largest absolute Gasteiger partial charge is 0.444 e. The Morgan fingerprint density at radius 2 is 1.71 bits per heavy atom. The fraction of sp³-hybridized carbons (Fsp3) is 0.318. The van der Waals surface area contributed by atoms with Crippen LogP contribution < -0.4 is 11.5 Å². The van der Waals surface area contributed by atoms with Crippen LogP contribution in [0.15, 0.2) is 36.4 Å². The van der Waals surface area contributed by atoms with Crippen molar-refractivity contribution in [2.24, 2.45) is 11.5 Å². The molecule has 0 saturated carbocycles. The molecule has 4 N–H and O–H groups in total. The molecule has 0 atom stereocenters. The van der Waals surface area contributed by atoms with Crippen molar-refractivity contribution < 1.29 is 14.3 Å². The highest BCUT2D eigenvalue weighted by Gasteiger charge is 2.13. The van der Waals surface area contributed by atoms with E-state index in [0.29, 0.717) is 16.6 Å². The maximum absolute atomic E-state index is 11.1. The van der Waals surface area contributed by atoms with E-state index in [1.807, 2.05) is 35.9 Å². The summed E-state index contributed by atoms with van der Waals surface area (Å²) in [5.74, 6) is -0.360. The van der Waals surface area contributed by atoms with E-state index < -0.39 is 11.7 Å². The van der Waals surface area contributed by atoms with Gasteiger partial charge in [0.05, 0.1) is 24.2 Å². The number of hydrogen-bond acceptors (Lipinski definition) is 4. The molecule has 0 aliphatic heterocycles. The lowest BCUT2D eigenvalue weighted by Gasteiger charge is -2.16. The molecule has 2 aromatic carbocycles. The molecule has 0 aliphatic rings. The number of primary amides is 2. The van der Waals surface area contributed by atoms with Crippen LogP contribution in [0.1, 0.15) is 37.6 Å². The zero-order chi connectivity index (χ0) is 23.3. The van der Waals surface area contributed by atoms with Gasteiger partial charge in [-0.3, -0.25) is 9.48 Å². The average molecular weight is 465 g/mol. The lowest BCUT2D eigenvalue weighted by molar-refractivity contribution is -0.117. The summed E-state index contributed by atoms with van der Waals surface area (Å²) in [6.45, 7) is 7.69. The van der Waals surface area contributed by atoms with Gasteiger partial charge >= 0.3 is 6.09 Å². The quantitative estimate of drug-likeness (QED) is 0.586. The molecule has 0 aliphatic carbocycles. The smallest absolute Gasteiger partial charge is 0.405 e. The summed E-state index contributed by atoms with van der Waals surface area (Å²) < 4.78 is 6.43. The normalized spacial score (nSPS) is 11.0. The van der Waals surface area contributed by atoms with Gasteiger partial charge in [0.2, 0.25) is 5.91 Å². The van der Waals surface area contributed by atoms with E-state index in [1.165, 1.54) is 0 Å². The maximum atomic E-state index is 11.1. The molecular weight excluding hydrogens is 439 g/mol. The highest BCUT2D eigenvalue weighted by atomic mass is 35.5. The molecule has 31 heavy (non-hydrogen) atoms. The van der Waals surface area contributed by atoms with E-state index in [1.54, 1.807) is 32.9 Å². The summed E-state index contributed by atoms with van der Waals surface area (Å²) in [5, 5.41) is 6.81. The van der Waals surface area contributed by atoms with Crippen molar-refractivity contribution in [3.8, 4) is 0 Å². The van der Waals surface area contributed by atoms with Gasteiger partial charge in [-0.05, 0) is 51.5 Å². The number of carbonyl (C=O) groups excluding carboxylic acids is 2. The minimum absolute atomic E-state index is 0.201. The summed E-state index contributed by atoms with van der Waals surface area (Å²) in [7, 11) is 0. The molecule has 2 amide bonds. The number of halogens is 2. The van der Waals surface area contributed by atoms with E-state index in [-0.39, 0.29) is 12.3 Å². The highest BCUT2D eigenvalue weighted by molar-refractivity contribution is 6.36. The first kappa shape index (κ1) is 24.5. The third kappa shape index (κ3) is 7.15. The van der Waals surface area contributed by atoms with Gasteiger partial charge in [-0.15, -0.1) is 0 Å². The molecule has 0 fully saturated rings. The number of nitrogens with zero attached hydrogens (tertiary/aromatic N) is 2. The van der Waals surface area contributed by atoms with Gasteiger partial charge in [0.25, 0.3) is 0 Å². The first-order valence-corrected chi connectivity index (χ1v) is 10.3. The van der Waals surface area contributed by atoms with Crippen molar-refractivity contribution >= 4 is 46.1 Å². The lowest BCUT2D eigenvalue weighted by Crippen LogP contribution is -2.27. The molecular formula is C22H26Cl2N4O3. The maximum Gasteiger partial charge on any atom is 0.405 e. The minimum atomic E-state index is -0.725. The second-order valence-electron chi connectivity index (χ2n) is 7.97. The van der Waals surface area contributed by atoms with E-state index >= 15 is 0 Å². The standard InChI is InChI=1S/C17H15Cl2N3O.C5H11NO2/c1-10-12-6-5-11(8-17(20)23)7-16(12)22(21-10)9-13-14(18)3-2-4-15(13)19;1-5(2,3)8-4(6)7/h2-7H,8-9H2,1H3,(H2,20,23);1-3H3,(H2,6,7). The number of benzene rings is 2. The first-order valence-electron chi connectivity index (χ1n) is 9.53. The van der Waals surface area contributed by atoms with Crippen molar-refractivity contribution in [2.75, 3.05) is 0 Å². The van der Waals surface area contributed by atoms with Crippen LogP contribution in [-0.2, 0) is 22.5 Å². The zero-order valence-electron chi connectivity index (χ0n) is 17.9. The second kappa shape index (κ2) is 10.0. The molecule has 1 aromatic heterocycles. The predicted octanol–water partition coefficient (Wildman–Crippen LogP) is 4.61. The van der Waals surface area contributed by atoms with Crippen molar-refractivity contribution in [2.45, 2.75) is 46.3 Å². The highest BCUT2D eigenvalue weighted by Crippen LogP contribution is 2.27. The Bertz CT molecular complexity index is 1080. The van der Waals surface area contributed by atoms with Crippen LogP contribution in [0.3, 0.4) is 0 Å². The van der Waals surface area contributed by atoms with Crippen LogP contribution >= 0.6 is 23.2 Å². The predicted molar refractivity (Wildman–Crippen MR) is 123 cm³/mol. The summed E-state index contributed by atoms with van der Waals surface area (Å²) in [6, 6.07) is 11.2. The molecule has 166 valence electrons. The summed E-state index contributed by atoms with van der Waals surface area (Å²) in [5.41, 5.74) is 13.1.